The van der Waals surface area contributed by atoms with Crippen LogP contribution in [-0.4, -0.2) is 24.3 Å². The molecule has 0 aliphatic heterocycles. The summed E-state index contributed by atoms with van der Waals surface area (Å²) >= 11 is 0. The van der Waals surface area contributed by atoms with E-state index in [4.69, 9.17) is 4.74 Å². The first kappa shape index (κ1) is 13.6. The van der Waals surface area contributed by atoms with E-state index in [-0.39, 0.29) is 5.60 Å². The van der Waals surface area contributed by atoms with Crippen molar-refractivity contribution in [3.05, 3.63) is 23.5 Å². The molecule has 0 bridgehead atoms. The van der Waals surface area contributed by atoms with Gasteiger partial charge in [0.1, 0.15) is 0 Å². The zero-order chi connectivity index (χ0) is 13.2. The smallest absolute Gasteiger partial charge is 0.0639 e. The molecule has 1 aromatic rings. The molecule has 1 N–H and O–H groups in total. The summed E-state index contributed by atoms with van der Waals surface area (Å²) < 4.78 is 7.81. The average molecular weight is 250 g/mol. The molecule has 0 spiro atoms. The van der Waals surface area contributed by atoms with Gasteiger partial charge in [-0.25, -0.2) is 0 Å². The molecule has 0 radical (unpaired) electrons. The number of rotatable bonds is 5. The number of hydrogen-bond donors (Lipinski definition) is 1. The maximum absolute atomic E-state index is 5.48. The van der Waals surface area contributed by atoms with Gasteiger partial charge in [-0.2, -0.15) is 0 Å². The Morgan fingerprint density at radius 1 is 1.44 bits per heavy atom. The van der Waals surface area contributed by atoms with Crippen molar-refractivity contribution in [2.24, 2.45) is 0 Å². The number of hydrogen-bond acceptors (Lipinski definition) is 2. The quantitative estimate of drug-likeness (QED) is 0.869. The van der Waals surface area contributed by atoms with Crippen LogP contribution in [-0.2, 0) is 17.7 Å². The third-order valence-electron chi connectivity index (χ3n) is 4.18. The van der Waals surface area contributed by atoms with Gasteiger partial charge in [-0.1, -0.05) is 0 Å². The van der Waals surface area contributed by atoms with Crippen LogP contribution in [0.5, 0.6) is 0 Å². The molecule has 1 aliphatic rings. The topological polar surface area (TPSA) is 26.2 Å². The van der Waals surface area contributed by atoms with E-state index >= 15 is 0 Å². The second-order valence-electron chi connectivity index (χ2n) is 5.92. The van der Waals surface area contributed by atoms with Gasteiger partial charge in [-0.05, 0) is 57.7 Å². The van der Waals surface area contributed by atoms with Crippen LogP contribution in [0.4, 0.5) is 0 Å². The zero-order valence-corrected chi connectivity index (χ0v) is 12.1. The number of fused-ring (bicyclic) bond motifs is 1. The van der Waals surface area contributed by atoms with E-state index in [2.05, 4.69) is 43.2 Å². The van der Waals surface area contributed by atoms with Gasteiger partial charge in [0.25, 0.3) is 0 Å². The first-order valence-corrected chi connectivity index (χ1v) is 6.97. The average Bonchev–Trinajstić information content (AvgIpc) is 2.79. The lowest BCUT2D eigenvalue weighted by Gasteiger charge is -2.23. The third kappa shape index (κ3) is 2.96. The van der Waals surface area contributed by atoms with E-state index in [0.29, 0.717) is 6.04 Å². The Morgan fingerprint density at radius 3 is 2.89 bits per heavy atom. The summed E-state index contributed by atoms with van der Waals surface area (Å²) in [6.07, 6.45) is 9.48. The van der Waals surface area contributed by atoms with Gasteiger partial charge >= 0.3 is 0 Å². The molecule has 1 aliphatic carbocycles. The fourth-order valence-corrected chi connectivity index (χ4v) is 2.68. The maximum atomic E-state index is 5.48. The molecular weight excluding hydrogens is 224 g/mol. The number of methoxy groups -OCH3 is 1. The van der Waals surface area contributed by atoms with Crippen molar-refractivity contribution in [1.29, 1.82) is 0 Å². The summed E-state index contributed by atoms with van der Waals surface area (Å²) in [5.74, 6) is 0. The van der Waals surface area contributed by atoms with Crippen LogP contribution < -0.4 is 5.32 Å². The van der Waals surface area contributed by atoms with Crippen LogP contribution in [0.25, 0.3) is 0 Å². The minimum atomic E-state index is -0.0345. The van der Waals surface area contributed by atoms with Crippen LogP contribution in [0.1, 0.15) is 50.3 Å². The van der Waals surface area contributed by atoms with Gasteiger partial charge < -0.3 is 14.6 Å². The Kier molecular flexibility index (Phi) is 4.13. The van der Waals surface area contributed by atoms with Gasteiger partial charge in [0.15, 0.2) is 0 Å². The predicted molar refractivity (Wildman–Crippen MR) is 74.9 cm³/mol. The molecule has 0 fully saturated rings. The molecule has 2 rings (SSSR count). The number of aryl methyl sites for hydroxylation is 2. The van der Waals surface area contributed by atoms with Gasteiger partial charge in [0.2, 0.25) is 0 Å². The van der Waals surface area contributed by atoms with Crippen LogP contribution >= 0.6 is 0 Å². The van der Waals surface area contributed by atoms with E-state index in [1.54, 1.807) is 7.11 Å². The monoisotopic (exact) mass is 250 g/mol. The van der Waals surface area contributed by atoms with Gasteiger partial charge in [-0.15, -0.1) is 0 Å². The standard InChI is InChI=1S/C15H26N2O/c1-15(2,18-4)8-9-17-10-12-6-5-7-14(16-3)13(12)11-17/h10-11,14,16H,5-9H2,1-4H3. The van der Waals surface area contributed by atoms with Crippen molar-refractivity contribution in [3.8, 4) is 0 Å². The summed E-state index contributed by atoms with van der Waals surface area (Å²) in [7, 11) is 3.85. The Bertz CT molecular complexity index is 395. The predicted octanol–water partition coefficient (Wildman–Crippen LogP) is 2.90. The molecule has 1 heterocycles. The van der Waals surface area contributed by atoms with Gasteiger partial charge in [0, 0.05) is 32.1 Å². The van der Waals surface area contributed by atoms with Crippen LogP contribution in [0.3, 0.4) is 0 Å². The van der Waals surface area contributed by atoms with Crippen LogP contribution in [0.2, 0.25) is 0 Å². The van der Waals surface area contributed by atoms with Crippen molar-refractivity contribution in [1.82, 2.24) is 9.88 Å². The highest BCUT2D eigenvalue weighted by Crippen LogP contribution is 2.30. The number of nitrogens with zero attached hydrogens (tertiary/aromatic N) is 1. The van der Waals surface area contributed by atoms with Crippen molar-refractivity contribution in [2.75, 3.05) is 14.2 Å². The Balaban J connectivity index is 2.05. The second-order valence-corrected chi connectivity index (χ2v) is 5.92. The molecule has 0 saturated heterocycles. The Labute approximate surface area is 111 Å². The largest absolute Gasteiger partial charge is 0.379 e. The second kappa shape index (κ2) is 5.45. The summed E-state index contributed by atoms with van der Waals surface area (Å²) in [5, 5.41) is 3.42. The first-order valence-electron chi connectivity index (χ1n) is 6.97. The molecule has 0 saturated carbocycles. The van der Waals surface area contributed by atoms with E-state index < -0.39 is 0 Å². The molecule has 1 unspecified atom stereocenters. The van der Waals surface area contributed by atoms with Crippen molar-refractivity contribution in [3.63, 3.8) is 0 Å². The summed E-state index contributed by atoms with van der Waals surface area (Å²) in [6, 6.07) is 0.547. The summed E-state index contributed by atoms with van der Waals surface area (Å²) in [4.78, 5) is 0. The Hall–Kier alpha value is -0.800. The van der Waals surface area contributed by atoms with Crippen molar-refractivity contribution in [2.45, 2.75) is 57.7 Å². The minimum absolute atomic E-state index is 0.0345. The Morgan fingerprint density at radius 2 is 2.22 bits per heavy atom. The molecule has 3 nitrogen and oxygen atoms in total. The zero-order valence-electron chi connectivity index (χ0n) is 12.1. The number of nitrogens with one attached hydrogen (secondary N) is 1. The molecule has 102 valence electrons. The molecule has 1 atom stereocenters. The first-order chi connectivity index (χ1) is 8.55. The third-order valence-corrected chi connectivity index (χ3v) is 4.18. The highest BCUT2D eigenvalue weighted by Gasteiger charge is 2.21. The molecule has 18 heavy (non-hydrogen) atoms. The molecule has 0 amide bonds. The van der Waals surface area contributed by atoms with E-state index in [1.807, 2.05) is 0 Å². The lowest BCUT2D eigenvalue weighted by molar-refractivity contribution is 0.0120. The van der Waals surface area contributed by atoms with Crippen LogP contribution in [0.15, 0.2) is 12.4 Å². The maximum Gasteiger partial charge on any atom is 0.0639 e. The molecule has 3 heteroatoms. The van der Waals surface area contributed by atoms with Crippen molar-refractivity contribution >= 4 is 0 Å². The minimum Gasteiger partial charge on any atom is -0.379 e. The fraction of sp³-hybridized carbons (Fsp3) is 0.733. The molecule has 1 aromatic heterocycles. The summed E-state index contributed by atoms with van der Waals surface area (Å²) in [6.45, 7) is 5.32. The van der Waals surface area contributed by atoms with Crippen molar-refractivity contribution < 1.29 is 4.74 Å². The highest BCUT2D eigenvalue weighted by atomic mass is 16.5. The van der Waals surface area contributed by atoms with Crippen LogP contribution in [0, 0.1) is 0 Å². The number of ether oxygens (including phenoxy) is 1. The van der Waals surface area contributed by atoms with E-state index in [1.165, 1.54) is 30.4 Å². The lowest BCUT2D eigenvalue weighted by Crippen LogP contribution is -2.24. The van der Waals surface area contributed by atoms with Gasteiger partial charge in [0.05, 0.1) is 5.60 Å². The lowest BCUT2D eigenvalue weighted by atomic mass is 9.91. The summed E-state index contributed by atoms with van der Waals surface area (Å²) in [5.41, 5.74) is 2.99. The fourth-order valence-electron chi connectivity index (χ4n) is 2.68. The van der Waals surface area contributed by atoms with E-state index in [0.717, 1.165) is 13.0 Å². The van der Waals surface area contributed by atoms with Gasteiger partial charge in [-0.3, -0.25) is 0 Å². The highest BCUT2D eigenvalue weighted by molar-refractivity contribution is 5.30. The molecule has 0 aromatic carbocycles. The van der Waals surface area contributed by atoms with E-state index in [9.17, 15) is 0 Å². The SMILES string of the molecule is CNC1CCCc2cn(CCC(C)(C)OC)cc21. The normalized spacial score (nSPS) is 19.9. The number of aromatic nitrogens is 1. The molecular formula is C15H26N2O.